The summed E-state index contributed by atoms with van der Waals surface area (Å²) in [6.07, 6.45) is -1.57. The first-order chi connectivity index (χ1) is 6.11. The van der Waals surface area contributed by atoms with E-state index in [1.165, 1.54) is 21.1 Å². The van der Waals surface area contributed by atoms with E-state index in [1.54, 1.807) is 0 Å². The number of carbonyl (C=O) groups is 1. The van der Waals surface area contributed by atoms with Gasteiger partial charge in [0.1, 0.15) is 0 Å². The van der Waals surface area contributed by atoms with Gasteiger partial charge < -0.3 is 19.3 Å². The van der Waals surface area contributed by atoms with Gasteiger partial charge in [0.15, 0.2) is 11.9 Å². The van der Waals surface area contributed by atoms with Crippen LogP contribution in [0.2, 0.25) is 0 Å². The van der Waals surface area contributed by atoms with Crippen LogP contribution in [0.1, 0.15) is 6.92 Å². The molecule has 2 unspecified atom stereocenters. The van der Waals surface area contributed by atoms with Crippen LogP contribution in [-0.4, -0.2) is 37.5 Å². The lowest BCUT2D eigenvalue weighted by atomic mass is 10.2. The number of hydrogen-bond acceptors (Lipinski definition) is 5. The normalized spacial score (nSPS) is 24.3. The van der Waals surface area contributed by atoms with E-state index in [9.17, 15) is 9.90 Å². The summed E-state index contributed by atoms with van der Waals surface area (Å²) in [6, 6.07) is 0. The molecule has 0 aromatic carbocycles. The number of cyclic esters (lactones) is 1. The third kappa shape index (κ3) is 1.60. The maximum atomic E-state index is 11.1. The molecule has 0 fully saturated rings. The molecule has 1 heterocycles. The zero-order chi connectivity index (χ0) is 10.0. The first-order valence-electron chi connectivity index (χ1n) is 3.83. The molecule has 0 radical (unpaired) electrons. The van der Waals surface area contributed by atoms with Crippen LogP contribution < -0.4 is 0 Å². The number of aliphatic hydroxyl groups excluding tert-OH is 1. The molecule has 0 bridgehead atoms. The molecule has 0 aliphatic carbocycles. The molecule has 0 saturated heterocycles. The van der Waals surface area contributed by atoms with E-state index in [4.69, 9.17) is 14.2 Å². The molecule has 13 heavy (non-hydrogen) atoms. The number of carbonyl (C=O) groups excluding carboxylic acids is 1. The summed E-state index contributed by atoms with van der Waals surface area (Å²) in [4.78, 5) is 11.1. The topological polar surface area (TPSA) is 65.0 Å². The van der Waals surface area contributed by atoms with Crippen molar-refractivity contribution >= 4 is 5.97 Å². The number of esters is 1. The van der Waals surface area contributed by atoms with Crippen LogP contribution in [0, 0.1) is 0 Å². The van der Waals surface area contributed by atoms with Gasteiger partial charge in [0.05, 0.1) is 20.3 Å². The van der Waals surface area contributed by atoms with Crippen molar-refractivity contribution in [1.82, 2.24) is 0 Å². The highest BCUT2D eigenvalue weighted by atomic mass is 16.6. The summed E-state index contributed by atoms with van der Waals surface area (Å²) in [5.74, 6) is -0.346. The van der Waals surface area contributed by atoms with Crippen molar-refractivity contribution in [2.75, 3.05) is 14.2 Å². The summed E-state index contributed by atoms with van der Waals surface area (Å²) >= 11 is 0. The van der Waals surface area contributed by atoms with E-state index in [0.29, 0.717) is 0 Å². The number of rotatable bonds is 3. The summed E-state index contributed by atoms with van der Waals surface area (Å²) in [5, 5.41) is 9.24. The van der Waals surface area contributed by atoms with Gasteiger partial charge in [-0.3, -0.25) is 0 Å². The van der Waals surface area contributed by atoms with Crippen molar-refractivity contribution in [3.05, 3.63) is 11.5 Å². The third-order valence-corrected chi connectivity index (χ3v) is 1.76. The van der Waals surface area contributed by atoms with E-state index in [-0.39, 0.29) is 11.5 Å². The largest absolute Gasteiger partial charge is 0.493 e. The summed E-state index contributed by atoms with van der Waals surface area (Å²) in [6.45, 7) is 1.51. The zero-order valence-electron chi connectivity index (χ0n) is 7.73. The molecule has 1 aliphatic rings. The Bertz CT molecular complexity index is 243. The standard InChI is InChI=1S/C8H12O5/c1-4(9)5-6(11-2)7(12-3)8(10)13-5/h4-5,9H,1-3H3. The Morgan fingerprint density at radius 3 is 2.46 bits per heavy atom. The van der Waals surface area contributed by atoms with Crippen LogP contribution in [0.25, 0.3) is 0 Å². The quantitative estimate of drug-likeness (QED) is 0.621. The monoisotopic (exact) mass is 188 g/mol. The van der Waals surface area contributed by atoms with Crippen LogP contribution in [0.5, 0.6) is 0 Å². The van der Waals surface area contributed by atoms with Gasteiger partial charge in [-0.1, -0.05) is 0 Å². The second-order valence-corrected chi connectivity index (χ2v) is 2.67. The van der Waals surface area contributed by atoms with Crippen LogP contribution >= 0.6 is 0 Å². The number of hydrogen-bond donors (Lipinski definition) is 1. The van der Waals surface area contributed by atoms with Gasteiger partial charge in [-0.2, -0.15) is 0 Å². The molecule has 5 nitrogen and oxygen atoms in total. The van der Waals surface area contributed by atoms with E-state index >= 15 is 0 Å². The molecular formula is C8H12O5. The fourth-order valence-electron chi connectivity index (χ4n) is 1.16. The van der Waals surface area contributed by atoms with Crippen molar-refractivity contribution in [3.8, 4) is 0 Å². The van der Waals surface area contributed by atoms with E-state index in [2.05, 4.69) is 0 Å². The molecule has 0 aromatic heterocycles. The molecule has 74 valence electrons. The molecule has 1 aliphatic heterocycles. The van der Waals surface area contributed by atoms with Crippen LogP contribution in [0.3, 0.4) is 0 Å². The van der Waals surface area contributed by atoms with Crippen molar-refractivity contribution in [3.63, 3.8) is 0 Å². The lowest BCUT2D eigenvalue weighted by Crippen LogP contribution is -2.26. The molecule has 1 N–H and O–H groups in total. The van der Waals surface area contributed by atoms with Gasteiger partial charge in [0.2, 0.25) is 5.76 Å². The van der Waals surface area contributed by atoms with E-state index in [0.717, 1.165) is 0 Å². The van der Waals surface area contributed by atoms with Crippen molar-refractivity contribution in [2.45, 2.75) is 19.1 Å². The van der Waals surface area contributed by atoms with Crippen LogP contribution in [-0.2, 0) is 19.0 Å². The van der Waals surface area contributed by atoms with Crippen LogP contribution in [0.4, 0.5) is 0 Å². The minimum atomic E-state index is -0.813. The Kier molecular flexibility index (Phi) is 2.77. The lowest BCUT2D eigenvalue weighted by Gasteiger charge is -2.14. The fourth-order valence-corrected chi connectivity index (χ4v) is 1.16. The van der Waals surface area contributed by atoms with Gasteiger partial charge in [-0.25, -0.2) is 4.79 Å². The predicted octanol–water partition coefficient (Wildman–Crippen LogP) is -0.203. The first-order valence-corrected chi connectivity index (χ1v) is 3.83. The maximum absolute atomic E-state index is 11.1. The highest BCUT2D eigenvalue weighted by Crippen LogP contribution is 2.25. The summed E-state index contributed by atoms with van der Waals surface area (Å²) < 4.78 is 14.5. The van der Waals surface area contributed by atoms with Crippen molar-refractivity contribution < 1.29 is 24.1 Å². The van der Waals surface area contributed by atoms with E-state index in [1.807, 2.05) is 0 Å². The summed E-state index contributed by atoms with van der Waals surface area (Å²) in [5.41, 5.74) is 0. The SMILES string of the molecule is COC1=C(OC)C(C(C)O)OC1=O. The predicted molar refractivity (Wildman–Crippen MR) is 42.6 cm³/mol. The van der Waals surface area contributed by atoms with Gasteiger partial charge >= 0.3 is 5.97 Å². The summed E-state index contributed by atoms with van der Waals surface area (Å²) in [7, 11) is 2.74. The highest BCUT2D eigenvalue weighted by molar-refractivity contribution is 5.89. The lowest BCUT2D eigenvalue weighted by molar-refractivity contribution is -0.146. The number of methoxy groups -OCH3 is 2. The van der Waals surface area contributed by atoms with Crippen molar-refractivity contribution in [1.29, 1.82) is 0 Å². The molecule has 0 spiro atoms. The molecule has 5 heteroatoms. The minimum Gasteiger partial charge on any atom is -0.493 e. The average Bonchev–Trinajstić information content (AvgIpc) is 2.41. The second kappa shape index (κ2) is 3.66. The minimum absolute atomic E-state index is 0.0217. The van der Waals surface area contributed by atoms with Gasteiger partial charge in [-0.05, 0) is 6.92 Å². The van der Waals surface area contributed by atoms with Crippen molar-refractivity contribution in [2.24, 2.45) is 0 Å². The number of ether oxygens (including phenoxy) is 3. The van der Waals surface area contributed by atoms with E-state index < -0.39 is 18.2 Å². The average molecular weight is 188 g/mol. The third-order valence-electron chi connectivity index (χ3n) is 1.76. The van der Waals surface area contributed by atoms with Gasteiger partial charge in [-0.15, -0.1) is 0 Å². The highest BCUT2D eigenvalue weighted by Gasteiger charge is 2.39. The van der Waals surface area contributed by atoms with Gasteiger partial charge in [0.25, 0.3) is 0 Å². The molecule has 0 aromatic rings. The zero-order valence-corrected chi connectivity index (χ0v) is 7.73. The molecule has 1 rings (SSSR count). The molecule has 0 amide bonds. The molecular weight excluding hydrogens is 176 g/mol. The van der Waals surface area contributed by atoms with Gasteiger partial charge in [0, 0.05) is 0 Å². The Balaban J connectivity index is 2.95. The Morgan fingerprint density at radius 2 is 2.08 bits per heavy atom. The Morgan fingerprint density at radius 1 is 1.46 bits per heavy atom. The molecule has 2 atom stereocenters. The maximum Gasteiger partial charge on any atom is 0.378 e. The Hall–Kier alpha value is -1.23. The fraction of sp³-hybridized carbons (Fsp3) is 0.625. The second-order valence-electron chi connectivity index (χ2n) is 2.67. The van der Waals surface area contributed by atoms with Crippen LogP contribution in [0.15, 0.2) is 11.5 Å². The Labute approximate surface area is 75.9 Å². The number of aliphatic hydroxyl groups is 1. The smallest absolute Gasteiger partial charge is 0.378 e. The first kappa shape index (κ1) is 9.85. The molecule has 0 saturated carbocycles.